The summed E-state index contributed by atoms with van der Waals surface area (Å²) >= 11 is 0. The molecule has 0 spiro atoms. The lowest BCUT2D eigenvalue weighted by atomic mass is 10.1. The first-order valence-corrected chi connectivity index (χ1v) is 6.63. The normalized spacial score (nSPS) is 10.5. The number of pyridine rings is 1. The van der Waals surface area contributed by atoms with Crippen LogP contribution in [0.2, 0.25) is 0 Å². The fraction of sp³-hybridized carbons (Fsp3) is 0.118. The van der Waals surface area contributed by atoms with Crippen molar-refractivity contribution in [2.24, 2.45) is 0 Å². The third-order valence-electron chi connectivity index (χ3n) is 3.29. The highest BCUT2D eigenvalue weighted by atomic mass is 15.1. The average Bonchev–Trinajstić information content (AvgIpc) is 2.48. The largest absolute Gasteiger partial charge is 0.376 e. The number of fused-ring (bicyclic) bond motifs is 1. The SMILES string of the molecule is CN(C)c1ccccc1Nc1cccc2cccnc12. The van der Waals surface area contributed by atoms with Crippen molar-refractivity contribution in [2.75, 3.05) is 24.3 Å². The molecular weight excluding hydrogens is 246 g/mol. The highest BCUT2D eigenvalue weighted by Gasteiger charge is 2.06. The van der Waals surface area contributed by atoms with Gasteiger partial charge in [0.25, 0.3) is 0 Å². The molecule has 0 unspecified atom stereocenters. The molecular formula is C17H17N3. The summed E-state index contributed by atoms with van der Waals surface area (Å²) < 4.78 is 0. The van der Waals surface area contributed by atoms with E-state index in [1.54, 1.807) is 0 Å². The Kier molecular flexibility index (Phi) is 3.25. The Balaban J connectivity index is 2.06. The van der Waals surface area contributed by atoms with Gasteiger partial charge in [0.1, 0.15) is 0 Å². The Labute approximate surface area is 118 Å². The van der Waals surface area contributed by atoms with Crippen molar-refractivity contribution in [3.63, 3.8) is 0 Å². The lowest BCUT2D eigenvalue weighted by Crippen LogP contribution is -2.10. The van der Waals surface area contributed by atoms with E-state index in [4.69, 9.17) is 0 Å². The third kappa shape index (κ3) is 2.30. The van der Waals surface area contributed by atoms with Crippen LogP contribution in [0.4, 0.5) is 17.1 Å². The van der Waals surface area contributed by atoms with Gasteiger partial charge in [0, 0.05) is 25.7 Å². The first-order chi connectivity index (χ1) is 9.75. The lowest BCUT2D eigenvalue weighted by molar-refractivity contribution is 1.13. The van der Waals surface area contributed by atoms with Crippen LogP contribution >= 0.6 is 0 Å². The van der Waals surface area contributed by atoms with E-state index in [1.807, 2.05) is 44.6 Å². The fourth-order valence-electron chi connectivity index (χ4n) is 2.32. The molecule has 20 heavy (non-hydrogen) atoms. The van der Waals surface area contributed by atoms with E-state index in [1.165, 1.54) is 0 Å². The van der Waals surface area contributed by atoms with E-state index in [2.05, 4.69) is 45.5 Å². The molecule has 100 valence electrons. The molecule has 0 atom stereocenters. The topological polar surface area (TPSA) is 28.2 Å². The molecule has 0 aliphatic heterocycles. The van der Waals surface area contributed by atoms with Crippen LogP contribution in [-0.4, -0.2) is 19.1 Å². The van der Waals surface area contributed by atoms with E-state index >= 15 is 0 Å². The summed E-state index contributed by atoms with van der Waals surface area (Å²) in [5.74, 6) is 0. The van der Waals surface area contributed by atoms with E-state index < -0.39 is 0 Å². The number of nitrogens with one attached hydrogen (secondary N) is 1. The molecule has 0 bridgehead atoms. The van der Waals surface area contributed by atoms with Crippen molar-refractivity contribution < 1.29 is 0 Å². The summed E-state index contributed by atoms with van der Waals surface area (Å²) in [5.41, 5.74) is 4.25. The molecule has 2 aromatic carbocycles. The van der Waals surface area contributed by atoms with Crippen molar-refractivity contribution in [3.05, 3.63) is 60.8 Å². The Morgan fingerprint density at radius 1 is 0.850 bits per heavy atom. The second-order valence-electron chi connectivity index (χ2n) is 4.92. The molecule has 1 heterocycles. The number of para-hydroxylation sites is 3. The summed E-state index contributed by atoms with van der Waals surface area (Å²) in [5, 5.41) is 4.63. The molecule has 0 radical (unpaired) electrons. The number of anilines is 3. The number of hydrogen-bond acceptors (Lipinski definition) is 3. The van der Waals surface area contributed by atoms with Crippen LogP contribution in [0.3, 0.4) is 0 Å². The molecule has 0 aliphatic rings. The van der Waals surface area contributed by atoms with Crippen LogP contribution in [0.25, 0.3) is 10.9 Å². The van der Waals surface area contributed by atoms with Gasteiger partial charge in [0.15, 0.2) is 0 Å². The van der Waals surface area contributed by atoms with Crippen LogP contribution in [0.15, 0.2) is 60.8 Å². The molecule has 0 saturated heterocycles. The zero-order valence-electron chi connectivity index (χ0n) is 11.7. The van der Waals surface area contributed by atoms with Gasteiger partial charge in [-0.05, 0) is 24.3 Å². The van der Waals surface area contributed by atoms with E-state index in [0.29, 0.717) is 0 Å². The van der Waals surface area contributed by atoms with Gasteiger partial charge in [-0.3, -0.25) is 4.98 Å². The molecule has 1 N–H and O–H groups in total. The second kappa shape index (κ2) is 5.21. The molecule has 0 aliphatic carbocycles. The van der Waals surface area contributed by atoms with Crippen molar-refractivity contribution in [3.8, 4) is 0 Å². The van der Waals surface area contributed by atoms with Crippen molar-refractivity contribution in [1.82, 2.24) is 4.98 Å². The molecule has 3 nitrogen and oxygen atoms in total. The Morgan fingerprint density at radius 3 is 2.45 bits per heavy atom. The molecule has 0 saturated carbocycles. The maximum atomic E-state index is 4.48. The minimum absolute atomic E-state index is 0.989. The predicted octanol–water partition coefficient (Wildman–Crippen LogP) is 4.04. The molecule has 0 fully saturated rings. The first-order valence-electron chi connectivity index (χ1n) is 6.63. The highest BCUT2D eigenvalue weighted by Crippen LogP contribution is 2.30. The fourth-order valence-corrected chi connectivity index (χ4v) is 2.32. The molecule has 0 amide bonds. The van der Waals surface area contributed by atoms with Crippen molar-refractivity contribution in [1.29, 1.82) is 0 Å². The number of nitrogens with zero attached hydrogens (tertiary/aromatic N) is 2. The van der Waals surface area contributed by atoms with Gasteiger partial charge in [-0.1, -0.05) is 30.3 Å². The lowest BCUT2D eigenvalue weighted by Gasteiger charge is -2.18. The number of rotatable bonds is 3. The van der Waals surface area contributed by atoms with E-state index in [-0.39, 0.29) is 0 Å². The zero-order chi connectivity index (χ0) is 13.9. The molecule has 3 rings (SSSR count). The Hall–Kier alpha value is -2.55. The maximum absolute atomic E-state index is 4.48. The summed E-state index contributed by atoms with van der Waals surface area (Å²) in [6.45, 7) is 0. The Bertz CT molecular complexity index is 730. The van der Waals surface area contributed by atoms with Gasteiger partial charge in [-0.25, -0.2) is 0 Å². The smallest absolute Gasteiger partial charge is 0.0936 e. The van der Waals surface area contributed by atoms with Crippen LogP contribution in [0.1, 0.15) is 0 Å². The predicted molar refractivity (Wildman–Crippen MR) is 85.8 cm³/mol. The van der Waals surface area contributed by atoms with E-state index in [9.17, 15) is 0 Å². The Morgan fingerprint density at radius 2 is 1.60 bits per heavy atom. The minimum Gasteiger partial charge on any atom is -0.376 e. The monoisotopic (exact) mass is 263 g/mol. The number of benzene rings is 2. The summed E-state index contributed by atoms with van der Waals surface area (Å²) in [4.78, 5) is 6.57. The number of hydrogen-bond donors (Lipinski definition) is 1. The van der Waals surface area contributed by atoms with Crippen molar-refractivity contribution in [2.45, 2.75) is 0 Å². The minimum atomic E-state index is 0.989. The summed E-state index contributed by atoms with van der Waals surface area (Å²) in [6, 6.07) is 18.5. The first kappa shape index (κ1) is 12.5. The zero-order valence-corrected chi connectivity index (χ0v) is 11.7. The van der Waals surface area contributed by atoms with Gasteiger partial charge in [-0.2, -0.15) is 0 Å². The van der Waals surface area contributed by atoms with Crippen LogP contribution < -0.4 is 10.2 Å². The summed E-state index contributed by atoms with van der Waals surface area (Å²) in [7, 11) is 4.09. The van der Waals surface area contributed by atoms with Gasteiger partial charge >= 0.3 is 0 Å². The van der Waals surface area contributed by atoms with Gasteiger partial charge in [0.05, 0.1) is 22.6 Å². The quantitative estimate of drug-likeness (QED) is 0.773. The van der Waals surface area contributed by atoms with Gasteiger partial charge in [-0.15, -0.1) is 0 Å². The summed E-state index contributed by atoms with van der Waals surface area (Å²) in [6.07, 6.45) is 1.82. The average molecular weight is 263 g/mol. The third-order valence-corrected chi connectivity index (χ3v) is 3.29. The van der Waals surface area contributed by atoms with Gasteiger partial charge in [0.2, 0.25) is 0 Å². The molecule has 3 aromatic rings. The van der Waals surface area contributed by atoms with Crippen LogP contribution in [0.5, 0.6) is 0 Å². The van der Waals surface area contributed by atoms with E-state index in [0.717, 1.165) is 28.0 Å². The number of aromatic nitrogens is 1. The van der Waals surface area contributed by atoms with Crippen LogP contribution in [0, 0.1) is 0 Å². The second-order valence-corrected chi connectivity index (χ2v) is 4.92. The standard InChI is InChI=1S/C17H17N3/c1-20(2)16-11-4-3-9-14(16)19-15-10-5-7-13-8-6-12-18-17(13)15/h3-12,19H,1-2H3. The van der Waals surface area contributed by atoms with Crippen molar-refractivity contribution >= 4 is 28.0 Å². The highest BCUT2D eigenvalue weighted by molar-refractivity contribution is 5.93. The molecule has 1 aromatic heterocycles. The maximum Gasteiger partial charge on any atom is 0.0936 e. The molecule has 3 heteroatoms. The van der Waals surface area contributed by atoms with Crippen LogP contribution in [-0.2, 0) is 0 Å². The van der Waals surface area contributed by atoms with Gasteiger partial charge < -0.3 is 10.2 Å².